The van der Waals surface area contributed by atoms with E-state index in [2.05, 4.69) is 16.2 Å². The van der Waals surface area contributed by atoms with Gasteiger partial charge in [0.1, 0.15) is 17.3 Å². The van der Waals surface area contributed by atoms with Gasteiger partial charge in [-0.3, -0.25) is 0 Å². The van der Waals surface area contributed by atoms with Crippen molar-refractivity contribution in [3.63, 3.8) is 0 Å². The number of aromatic nitrogens is 3. The lowest BCUT2D eigenvalue weighted by molar-refractivity contribution is 0.392. The van der Waals surface area contributed by atoms with Crippen LogP contribution in [0.2, 0.25) is 0 Å². The molecular weight excluding hydrogens is 280 g/mol. The molecule has 112 valence electrons. The van der Waals surface area contributed by atoms with Crippen molar-refractivity contribution in [2.75, 3.05) is 7.11 Å². The Balaban J connectivity index is 2.14. The largest absolute Gasteiger partial charge is 0.497 e. The van der Waals surface area contributed by atoms with Crippen LogP contribution in [0.4, 0.5) is 0 Å². The van der Waals surface area contributed by atoms with Gasteiger partial charge in [0.15, 0.2) is 0 Å². The van der Waals surface area contributed by atoms with Gasteiger partial charge in [0, 0.05) is 11.6 Å². The van der Waals surface area contributed by atoms with Crippen molar-refractivity contribution in [3.05, 3.63) is 41.0 Å². The molecule has 0 unspecified atom stereocenters. The van der Waals surface area contributed by atoms with Crippen molar-refractivity contribution in [1.29, 1.82) is 5.26 Å². The normalized spacial score (nSPS) is 10.8. The van der Waals surface area contributed by atoms with Gasteiger partial charge in [-0.2, -0.15) is 5.26 Å². The molecule has 6 nitrogen and oxygen atoms in total. The van der Waals surface area contributed by atoms with Crippen LogP contribution in [0.5, 0.6) is 5.75 Å². The summed E-state index contributed by atoms with van der Waals surface area (Å²) in [5, 5.41) is 13.0. The van der Waals surface area contributed by atoms with Crippen molar-refractivity contribution in [2.24, 2.45) is 0 Å². The van der Waals surface area contributed by atoms with Crippen LogP contribution in [-0.2, 0) is 13.0 Å². The summed E-state index contributed by atoms with van der Waals surface area (Å²) in [5.74, 6) is 2.26. The van der Waals surface area contributed by atoms with Crippen molar-refractivity contribution in [2.45, 2.75) is 26.8 Å². The third kappa shape index (κ3) is 2.31. The van der Waals surface area contributed by atoms with E-state index in [4.69, 9.17) is 14.5 Å². The van der Waals surface area contributed by atoms with E-state index >= 15 is 0 Å². The molecule has 2 heterocycles. The second kappa shape index (κ2) is 5.53. The highest BCUT2D eigenvalue weighted by Gasteiger charge is 2.16. The van der Waals surface area contributed by atoms with E-state index in [1.165, 1.54) is 0 Å². The van der Waals surface area contributed by atoms with Crippen LogP contribution in [-0.4, -0.2) is 21.8 Å². The van der Waals surface area contributed by atoms with Gasteiger partial charge in [0.05, 0.1) is 42.9 Å². The quantitative estimate of drug-likeness (QED) is 0.740. The van der Waals surface area contributed by atoms with Crippen molar-refractivity contribution < 1.29 is 9.26 Å². The van der Waals surface area contributed by atoms with Crippen molar-refractivity contribution in [3.8, 4) is 11.8 Å². The molecule has 3 aromatic rings. The third-order valence-electron chi connectivity index (χ3n) is 3.77. The van der Waals surface area contributed by atoms with E-state index < -0.39 is 0 Å². The predicted octanol–water partition coefficient (Wildman–Crippen LogP) is 2.76. The Morgan fingerprint density at radius 1 is 1.36 bits per heavy atom. The molecule has 0 saturated carbocycles. The molecule has 0 atom stereocenters. The maximum absolute atomic E-state index is 9.05. The van der Waals surface area contributed by atoms with Gasteiger partial charge in [-0.1, -0.05) is 5.16 Å². The molecule has 0 amide bonds. The number of hydrogen-bond acceptors (Lipinski definition) is 5. The summed E-state index contributed by atoms with van der Waals surface area (Å²) < 4.78 is 12.5. The summed E-state index contributed by atoms with van der Waals surface area (Å²) in [6.45, 7) is 4.39. The number of nitriles is 1. The van der Waals surface area contributed by atoms with Crippen LogP contribution in [0.25, 0.3) is 11.0 Å². The Morgan fingerprint density at radius 2 is 2.18 bits per heavy atom. The molecule has 0 aliphatic heterocycles. The maximum atomic E-state index is 9.05. The lowest BCUT2D eigenvalue weighted by atomic mass is 10.2. The fourth-order valence-corrected chi connectivity index (χ4v) is 2.55. The second-order valence-electron chi connectivity index (χ2n) is 5.11. The number of imidazole rings is 1. The summed E-state index contributed by atoms with van der Waals surface area (Å²) in [6.07, 6.45) is 0.250. The minimum atomic E-state index is 0.250. The maximum Gasteiger partial charge on any atom is 0.138 e. The van der Waals surface area contributed by atoms with Gasteiger partial charge in [-0.25, -0.2) is 4.98 Å². The van der Waals surface area contributed by atoms with Crippen LogP contribution in [0.15, 0.2) is 22.7 Å². The Kier molecular flexibility index (Phi) is 3.55. The molecule has 0 N–H and O–H groups in total. The lowest BCUT2D eigenvalue weighted by Gasteiger charge is -2.07. The smallest absolute Gasteiger partial charge is 0.138 e. The number of aryl methyl sites for hydroxylation is 2. The summed E-state index contributed by atoms with van der Waals surface area (Å²) in [5.41, 5.74) is 3.66. The van der Waals surface area contributed by atoms with Crippen LogP contribution in [0, 0.1) is 25.2 Å². The minimum Gasteiger partial charge on any atom is -0.497 e. The van der Waals surface area contributed by atoms with E-state index in [-0.39, 0.29) is 6.42 Å². The van der Waals surface area contributed by atoms with Crippen molar-refractivity contribution in [1.82, 2.24) is 14.7 Å². The highest BCUT2D eigenvalue weighted by atomic mass is 16.5. The van der Waals surface area contributed by atoms with E-state index in [1.807, 2.05) is 36.6 Å². The molecule has 0 aliphatic rings. The molecule has 22 heavy (non-hydrogen) atoms. The number of methoxy groups -OCH3 is 1. The fraction of sp³-hybridized carbons (Fsp3) is 0.312. The highest BCUT2D eigenvalue weighted by molar-refractivity contribution is 5.78. The van der Waals surface area contributed by atoms with Gasteiger partial charge in [-0.05, 0) is 26.0 Å². The number of ether oxygens (including phenoxy) is 1. The third-order valence-corrected chi connectivity index (χ3v) is 3.77. The first kappa shape index (κ1) is 14.1. The first-order chi connectivity index (χ1) is 10.6. The van der Waals surface area contributed by atoms with Crippen LogP contribution in [0.3, 0.4) is 0 Å². The van der Waals surface area contributed by atoms with Gasteiger partial charge < -0.3 is 13.8 Å². The SMILES string of the molecule is COc1ccc2c(c1)nc(CC#N)n2Cc1c(C)noc1C. The zero-order chi connectivity index (χ0) is 15.7. The molecule has 0 bridgehead atoms. The Labute approximate surface area is 127 Å². The topological polar surface area (TPSA) is 76.9 Å². The average molecular weight is 296 g/mol. The number of rotatable bonds is 4. The molecule has 0 aliphatic carbocycles. The van der Waals surface area contributed by atoms with Gasteiger partial charge in [0.25, 0.3) is 0 Å². The van der Waals surface area contributed by atoms with Gasteiger partial charge in [0.2, 0.25) is 0 Å². The molecule has 3 rings (SSSR count). The Morgan fingerprint density at radius 3 is 2.82 bits per heavy atom. The van der Waals surface area contributed by atoms with E-state index in [0.717, 1.165) is 39.6 Å². The summed E-state index contributed by atoms with van der Waals surface area (Å²) in [4.78, 5) is 4.56. The van der Waals surface area contributed by atoms with Gasteiger partial charge >= 0.3 is 0 Å². The number of nitrogens with zero attached hydrogens (tertiary/aromatic N) is 4. The molecule has 1 aromatic carbocycles. The van der Waals surface area contributed by atoms with Crippen molar-refractivity contribution >= 4 is 11.0 Å². The molecular formula is C16H16N4O2. The number of hydrogen-bond donors (Lipinski definition) is 0. The zero-order valence-corrected chi connectivity index (χ0v) is 12.8. The fourth-order valence-electron chi connectivity index (χ4n) is 2.55. The molecule has 0 spiro atoms. The standard InChI is InChI=1S/C16H16N4O2/c1-10-13(11(2)22-19-10)9-20-15-5-4-12(21-3)8-14(15)18-16(20)6-7-17/h4-5,8H,6,9H2,1-3H3. The number of fused-ring (bicyclic) bond motifs is 1. The lowest BCUT2D eigenvalue weighted by Crippen LogP contribution is -2.06. The van der Waals surface area contributed by atoms with Crippen LogP contribution < -0.4 is 4.74 Å². The van der Waals surface area contributed by atoms with E-state index in [1.54, 1.807) is 7.11 Å². The first-order valence-electron chi connectivity index (χ1n) is 6.96. The average Bonchev–Trinajstić information content (AvgIpc) is 3.02. The van der Waals surface area contributed by atoms with E-state index in [9.17, 15) is 0 Å². The Bertz CT molecular complexity index is 851. The Hall–Kier alpha value is -2.81. The predicted molar refractivity (Wildman–Crippen MR) is 80.7 cm³/mol. The summed E-state index contributed by atoms with van der Waals surface area (Å²) >= 11 is 0. The number of benzene rings is 1. The highest BCUT2D eigenvalue weighted by Crippen LogP contribution is 2.24. The molecule has 2 aromatic heterocycles. The van der Waals surface area contributed by atoms with E-state index in [0.29, 0.717) is 6.54 Å². The summed E-state index contributed by atoms with van der Waals surface area (Å²) in [7, 11) is 1.62. The second-order valence-corrected chi connectivity index (χ2v) is 5.11. The molecule has 0 fully saturated rings. The summed E-state index contributed by atoms with van der Waals surface area (Å²) in [6, 6.07) is 7.90. The monoisotopic (exact) mass is 296 g/mol. The molecule has 0 radical (unpaired) electrons. The van der Waals surface area contributed by atoms with Crippen LogP contribution >= 0.6 is 0 Å². The van der Waals surface area contributed by atoms with Gasteiger partial charge in [-0.15, -0.1) is 0 Å². The zero-order valence-electron chi connectivity index (χ0n) is 12.8. The minimum absolute atomic E-state index is 0.250. The first-order valence-corrected chi connectivity index (χ1v) is 6.96. The van der Waals surface area contributed by atoms with Crippen LogP contribution in [0.1, 0.15) is 22.8 Å². The molecule has 0 saturated heterocycles. The molecule has 6 heteroatoms.